The summed E-state index contributed by atoms with van der Waals surface area (Å²) in [5.74, 6) is 0.442. The number of hydrogen-bond donors (Lipinski definition) is 1. The van der Waals surface area contributed by atoms with E-state index in [0.717, 1.165) is 29.1 Å². The lowest BCUT2D eigenvalue weighted by Gasteiger charge is -2.31. The quantitative estimate of drug-likeness (QED) is 0.650. The van der Waals surface area contributed by atoms with Gasteiger partial charge < -0.3 is 15.0 Å². The summed E-state index contributed by atoms with van der Waals surface area (Å²) in [6.45, 7) is 3.20. The normalized spacial score (nSPS) is 16.1. The second kappa shape index (κ2) is 9.26. The highest BCUT2D eigenvalue weighted by Gasteiger charge is 2.28. The molecule has 1 atom stereocenters. The van der Waals surface area contributed by atoms with E-state index < -0.39 is 0 Å². The van der Waals surface area contributed by atoms with E-state index in [9.17, 15) is 9.59 Å². The van der Waals surface area contributed by atoms with Gasteiger partial charge in [0.15, 0.2) is 0 Å². The van der Waals surface area contributed by atoms with Gasteiger partial charge in [0, 0.05) is 30.3 Å². The van der Waals surface area contributed by atoms with Crippen molar-refractivity contribution >= 4 is 28.8 Å². The van der Waals surface area contributed by atoms with Crippen molar-refractivity contribution < 1.29 is 14.3 Å². The molecule has 8 heteroatoms. The van der Waals surface area contributed by atoms with E-state index in [1.165, 1.54) is 11.3 Å². The molecule has 0 aliphatic carbocycles. The van der Waals surface area contributed by atoms with Crippen molar-refractivity contribution in [3.8, 4) is 5.75 Å². The van der Waals surface area contributed by atoms with Crippen molar-refractivity contribution in [2.45, 2.75) is 25.7 Å². The molecule has 2 heterocycles. The molecule has 0 radical (unpaired) electrons. The Labute approximate surface area is 185 Å². The smallest absolute Gasteiger partial charge is 0.286 e. The number of hydrogen-bond acceptors (Lipinski definition) is 6. The maximum absolute atomic E-state index is 13.0. The van der Waals surface area contributed by atoms with Crippen LogP contribution in [-0.4, -0.2) is 47.1 Å². The Kier molecular flexibility index (Phi) is 6.27. The van der Waals surface area contributed by atoms with Gasteiger partial charge in [-0.1, -0.05) is 35.6 Å². The molecule has 160 valence electrons. The number of rotatable bonds is 5. The van der Waals surface area contributed by atoms with E-state index in [-0.39, 0.29) is 17.7 Å². The molecule has 1 aliphatic heterocycles. The summed E-state index contributed by atoms with van der Waals surface area (Å²) in [6, 6.07) is 14.8. The van der Waals surface area contributed by atoms with Crippen LogP contribution in [0.25, 0.3) is 0 Å². The van der Waals surface area contributed by atoms with Crippen molar-refractivity contribution in [3.05, 3.63) is 69.7 Å². The Hall–Kier alpha value is -3.26. The lowest BCUT2D eigenvalue weighted by molar-refractivity contribution is 0.0706. The highest BCUT2D eigenvalue weighted by molar-refractivity contribution is 7.13. The second-order valence-electron chi connectivity index (χ2n) is 7.54. The average Bonchev–Trinajstić information content (AvgIpc) is 3.31. The Morgan fingerprint density at radius 2 is 2.00 bits per heavy atom. The molecule has 1 unspecified atom stereocenters. The number of amides is 2. The number of likely N-dealkylation sites (tertiary alicyclic amines) is 1. The molecule has 0 saturated carbocycles. The van der Waals surface area contributed by atoms with E-state index >= 15 is 0 Å². The molecule has 1 aromatic heterocycles. The maximum atomic E-state index is 13.0. The number of anilines is 1. The number of aryl methyl sites for hydroxylation is 1. The van der Waals surface area contributed by atoms with Crippen LogP contribution >= 0.6 is 11.3 Å². The summed E-state index contributed by atoms with van der Waals surface area (Å²) in [5.41, 5.74) is 2.35. The number of methoxy groups -OCH3 is 1. The lowest BCUT2D eigenvalue weighted by atomic mass is 9.98. The zero-order valence-corrected chi connectivity index (χ0v) is 18.3. The van der Waals surface area contributed by atoms with E-state index in [1.807, 2.05) is 48.2 Å². The zero-order valence-electron chi connectivity index (χ0n) is 17.5. The fraction of sp³-hybridized carbons (Fsp3) is 0.304. The predicted molar refractivity (Wildman–Crippen MR) is 120 cm³/mol. The number of carbonyl (C=O) groups excluding carboxylic acids is 2. The van der Waals surface area contributed by atoms with Crippen molar-refractivity contribution in [2.75, 3.05) is 25.5 Å². The first-order chi connectivity index (χ1) is 15.0. The summed E-state index contributed by atoms with van der Waals surface area (Å²) < 4.78 is 5.23. The molecule has 0 bridgehead atoms. The Bertz CT molecular complexity index is 1100. The van der Waals surface area contributed by atoms with Crippen molar-refractivity contribution in [3.63, 3.8) is 0 Å². The summed E-state index contributed by atoms with van der Waals surface area (Å²) in [7, 11) is 1.59. The van der Waals surface area contributed by atoms with Crippen LogP contribution in [0.2, 0.25) is 0 Å². The highest BCUT2D eigenvalue weighted by Crippen LogP contribution is 2.30. The molecule has 2 amide bonds. The molecule has 1 aliphatic rings. The number of nitrogens with one attached hydrogen (secondary N) is 1. The van der Waals surface area contributed by atoms with Crippen LogP contribution in [0, 0.1) is 6.92 Å². The molecule has 1 fully saturated rings. The minimum atomic E-state index is -0.266. The van der Waals surface area contributed by atoms with Crippen molar-refractivity contribution in [2.24, 2.45) is 0 Å². The Morgan fingerprint density at radius 1 is 1.16 bits per heavy atom. The fourth-order valence-corrected chi connectivity index (χ4v) is 4.55. The van der Waals surface area contributed by atoms with E-state index in [1.54, 1.807) is 19.2 Å². The molecular formula is C23H24N4O3S. The van der Waals surface area contributed by atoms with Gasteiger partial charge in [0.25, 0.3) is 11.8 Å². The van der Waals surface area contributed by atoms with Crippen LogP contribution in [0.3, 0.4) is 0 Å². The summed E-state index contributed by atoms with van der Waals surface area (Å²) in [5, 5.41) is 12.4. The lowest BCUT2D eigenvalue weighted by Crippen LogP contribution is -2.39. The van der Waals surface area contributed by atoms with Gasteiger partial charge in [-0.25, -0.2) is 0 Å². The first-order valence-electron chi connectivity index (χ1n) is 10.2. The van der Waals surface area contributed by atoms with Crippen LogP contribution < -0.4 is 10.1 Å². The zero-order chi connectivity index (χ0) is 21.8. The molecule has 1 N–H and O–H groups in total. The third-order valence-corrected chi connectivity index (χ3v) is 6.49. The average molecular weight is 437 g/mol. The molecule has 1 saturated heterocycles. The van der Waals surface area contributed by atoms with Gasteiger partial charge in [0.2, 0.25) is 5.01 Å². The Balaban J connectivity index is 1.44. The van der Waals surface area contributed by atoms with Crippen molar-refractivity contribution in [1.82, 2.24) is 15.1 Å². The van der Waals surface area contributed by atoms with Crippen LogP contribution in [0.4, 0.5) is 5.69 Å². The Morgan fingerprint density at radius 3 is 2.81 bits per heavy atom. The van der Waals surface area contributed by atoms with Gasteiger partial charge in [-0.3, -0.25) is 9.59 Å². The van der Waals surface area contributed by atoms with Crippen LogP contribution in [0.1, 0.15) is 49.5 Å². The SMILES string of the molecule is COc1cccc(C(=O)N2CCCC(c3nnc(C(=O)Nc4ccccc4C)s3)C2)c1. The maximum Gasteiger partial charge on any atom is 0.286 e. The number of nitrogens with zero attached hydrogens (tertiary/aromatic N) is 3. The number of para-hydroxylation sites is 1. The number of aromatic nitrogens is 2. The largest absolute Gasteiger partial charge is 0.497 e. The topological polar surface area (TPSA) is 84.4 Å². The third-order valence-electron chi connectivity index (χ3n) is 5.40. The minimum absolute atomic E-state index is 0.0226. The summed E-state index contributed by atoms with van der Waals surface area (Å²) in [4.78, 5) is 27.4. The van der Waals surface area contributed by atoms with Crippen molar-refractivity contribution in [1.29, 1.82) is 0 Å². The summed E-state index contributed by atoms with van der Waals surface area (Å²) in [6.07, 6.45) is 1.79. The van der Waals surface area contributed by atoms with E-state index in [4.69, 9.17) is 4.74 Å². The summed E-state index contributed by atoms with van der Waals surface area (Å²) >= 11 is 1.30. The van der Waals surface area contributed by atoms with Crippen LogP contribution in [0.5, 0.6) is 5.75 Å². The van der Waals surface area contributed by atoms with Gasteiger partial charge >= 0.3 is 0 Å². The minimum Gasteiger partial charge on any atom is -0.497 e. The molecule has 7 nitrogen and oxygen atoms in total. The third kappa shape index (κ3) is 4.74. The number of ether oxygens (including phenoxy) is 1. The fourth-order valence-electron chi connectivity index (χ4n) is 3.68. The molecular weight excluding hydrogens is 412 g/mol. The molecule has 4 rings (SSSR count). The second-order valence-corrected chi connectivity index (χ2v) is 8.55. The van der Waals surface area contributed by atoms with E-state index in [0.29, 0.717) is 29.4 Å². The van der Waals surface area contributed by atoms with Gasteiger partial charge in [0.1, 0.15) is 10.8 Å². The first-order valence-corrected chi connectivity index (χ1v) is 11.0. The van der Waals surface area contributed by atoms with Gasteiger partial charge in [0.05, 0.1) is 7.11 Å². The van der Waals surface area contributed by atoms with E-state index in [2.05, 4.69) is 15.5 Å². The molecule has 0 spiro atoms. The van der Waals surface area contributed by atoms with Gasteiger partial charge in [-0.2, -0.15) is 0 Å². The first kappa shape index (κ1) is 21.0. The number of benzene rings is 2. The monoisotopic (exact) mass is 436 g/mol. The predicted octanol–water partition coefficient (Wildman–Crippen LogP) is 4.13. The van der Waals surface area contributed by atoms with Gasteiger partial charge in [-0.05, 0) is 49.6 Å². The van der Waals surface area contributed by atoms with Gasteiger partial charge in [-0.15, -0.1) is 10.2 Å². The highest BCUT2D eigenvalue weighted by atomic mass is 32.1. The molecule has 3 aromatic rings. The number of carbonyl (C=O) groups is 2. The molecule has 31 heavy (non-hydrogen) atoms. The standard InChI is InChI=1S/C23H24N4O3S/c1-15-7-3-4-11-19(15)24-20(28)22-26-25-21(31-22)17-9-6-12-27(14-17)23(29)16-8-5-10-18(13-16)30-2/h3-5,7-8,10-11,13,17H,6,9,12,14H2,1-2H3,(H,24,28). The number of piperidine rings is 1. The van der Waals surface area contributed by atoms with Crippen LogP contribution in [0.15, 0.2) is 48.5 Å². The molecule has 2 aromatic carbocycles. The van der Waals surface area contributed by atoms with Crippen LogP contribution in [-0.2, 0) is 0 Å².